The van der Waals surface area contributed by atoms with Gasteiger partial charge in [-0.1, -0.05) is 67.4 Å². The van der Waals surface area contributed by atoms with Gasteiger partial charge in [0.2, 0.25) is 3.79 Å². The predicted molar refractivity (Wildman–Crippen MR) is 97.9 cm³/mol. The molecule has 0 radical (unpaired) electrons. The van der Waals surface area contributed by atoms with E-state index in [4.69, 9.17) is 44.3 Å². The number of rotatable bonds is 7. The third-order valence-electron chi connectivity index (χ3n) is 3.06. The number of ether oxygens (including phenoxy) is 2. The first-order valence-corrected chi connectivity index (χ1v) is 9.26. The zero-order valence-electron chi connectivity index (χ0n) is 15.0. The molecule has 8 heteroatoms. The molecule has 0 fully saturated rings. The largest absolute Gasteiger partial charge is 0.444 e. The summed E-state index contributed by atoms with van der Waals surface area (Å²) in [5, 5.41) is 0. The van der Waals surface area contributed by atoms with Gasteiger partial charge in [-0.25, -0.2) is 14.5 Å². The van der Waals surface area contributed by atoms with Crippen molar-refractivity contribution >= 4 is 47.0 Å². The number of imide groups is 1. The molecule has 1 unspecified atom stereocenters. The fraction of sp³-hybridized carbons (Fsp3) is 0.875. The molecule has 0 rings (SSSR count). The lowest BCUT2D eigenvalue weighted by atomic mass is 10.1. The smallest absolute Gasteiger partial charge is 0.420 e. The average Bonchev–Trinajstić information content (AvgIpc) is 2.39. The Morgan fingerprint density at radius 3 is 2.08 bits per heavy atom. The zero-order valence-corrected chi connectivity index (χ0v) is 17.3. The average molecular weight is 405 g/mol. The first-order valence-electron chi connectivity index (χ1n) is 8.13. The van der Waals surface area contributed by atoms with E-state index in [0.29, 0.717) is 6.42 Å². The van der Waals surface area contributed by atoms with Crippen molar-refractivity contribution in [2.45, 2.75) is 82.2 Å². The number of hydrogen-bond acceptors (Lipinski definition) is 4. The SMILES string of the molecule is CCCCCCC(C)N(C(=O)OCC(Cl)(Cl)Cl)C(=O)OC(C)(C)C. The molecule has 0 saturated heterocycles. The Kier molecular flexibility index (Phi) is 10.4. The molecule has 1 atom stereocenters. The molecule has 5 nitrogen and oxygen atoms in total. The molecule has 0 spiro atoms. The van der Waals surface area contributed by atoms with Gasteiger partial charge in [-0.15, -0.1) is 0 Å². The van der Waals surface area contributed by atoms with Gasteiger partial charge in [0, 0.05) is 6.04 Å². The number of carbonyl (C=O) groups is 2. The molecule has 0 heterocycles. The molecule has 0 saturated carbocycles. The number of hydrogen-bond donors (Lipinski definition) is 0. The summed E-state index contributed by atoms with van der Waals surface area (Å²) in [5.41, 5.74) is -0.729. The number of amides is 2. The van der Waals surface area contributed by atoms with E-state index in [9.17, 15) is 9.59 Å². The first kappa shape index (κ1) is 23.6. The van der Waals surface area contributed by atoms with Crippen molar-refractivity contribution in [2.24, 2.45) is 0 Å². The fourth-order valence-corrected chi connectivity index (χ4v) is 2.12. The summed E-state index contributed by atoms with van der Waals surface area (Å²) in [4.78, 5) is 25.6. The third-order valence-corrected chi connectivity index (χ3v) is 3.39. The third kappa shape index (κ3) is 11.2. The molecule has 0 bridgehead atoms. The van der Waals surface area contributed by atoms with E-state index in [1.54, 1.807) is 27.7 Å². The Bertz CT molecular complexity index is 405. The van der Waals surface area contributed by atoms with Crippen LogP contribution < -0.4 is 0 Å². The van der Waals surface area contributed by atoms with Crippen LogP contribution in [0.2, 0.25) is 0 Å². The Hall–Kier alpha value is -0.390. The maximum absolute atomic E-state index is 12.4. The lowest BCUT2D eigenvalue weighted by Crippen LogP contribution is -2.46. The molecule has 2 amide bonds. The van der Waals surface area contributed by atoms with Gasteiger partial charge in [0.1, 0.15) is 12.2 Å². The molecule has 0 aliphatic carbocycles. The summed E-state index contributed by atoms with van der Waals surface area (Å²) in [7, 11) is 0. The van der Waals surface area contributed by atoms with E-state index in [1.807, 2.05) is 0 Å². The van der Waals surface area contributed by atoms with Crippen LogP contribution in [0.3, 0.4) is 0 Å². The van der Waals surface area contributed by atoms with Gasteiger partial charge in [-0.05, 0) is 34.1 Å². The highest BCUT2D eigenvalue weighted by Crippen LogP contribution is 2.26. The quantitative estimate of drug-likeness (QED) is 0.380. The lowest BCUT2D eigenvalue weighted by molar-refractivity contribution is 0.0142. The lowest BCUT2D eigenvalue weighted by Gasteiger charge is -2.30. The minimum absolute atomic E-state index is 0.375. The second-order valence-corrected chi connectivity index (χ2v) is 9.23. The summed E-state index contributed by atoms with van der Waals surface area (Å²) >= 11 is 16.8. The van der Waals surface area contributed by atoms with Crippen molar-refractivity contribution in [2.75, 3.05) is 6.61 Å². The van der Waals surface area contributed by atoms with Crippen LogP contribution in [-0.2, 0) is 9.47 Å². The molecule has 0 aliphatic heterocycles. The van der Waals surface area contributed by atoms with E-state index in [1.165, 1.54) is 0 Å². The van der Waals surface area contributed by atoms with Crippen molar-refractivity contribution < 1.29 is 19.1 Å². The van der Waals surface area contributed by atoms with Crippen LogP contribution in [0.25, 0.3) is 0 Å². The molecule has 0 aromatic heterocycles. The molecule has 142 valence electrons. The first-order chi connectivity index (χ1) is 10.9. The van der Waals surface area contributed by atoms with Crippen molar-refractivity contribution in [3.63, 3.8) is 0 Å². The van der Waals surface area contributed by atoms with Crippen molar-refractivity contribution in [3.05, 3.63) is 0 Å². The highest BCUT2D eigenvalue weighted by Gasteiger charge is 2.34. The molecule has 0 aromatic rings. The maximum Gasteiger partial charge on any atom is 0.420 e. The van der Waals surface area contributed by atoms with Gasteiger partial charge in [0.15, 0.2) is 0 Å². The molecular weight excluding hydrogens is 377 g/mol. The highest BCUT2D eigenvalue weighted by atomic mass is 35.6. The second-order valence-electron chi connectivity index (χ2n) is 6.72. The predicted octanol–water partition coefficient (Wildman–Crippen LogP) is 6.09. The summed E-state index contributed by atoms with van der Waals surface area (Å²) < 4.78 is 8.50. The van der Waals surface area contributed by atoms with Crippen LogP contribution in [0.1, 0.15) is 66.7 Å². The molecule has 0 N–H and O–H groups in total. The normalized spacial score (nSPS) is 13.3. The molecule has 0 aliphatic rings. The van der Waals surface area contributed by atoms with Gasteiger partial charge < -0.3 is 9.47 Å². The van der Waals surface area contributed by atoms with Crippen molar-refractivity contribution in [1.29, 1.82) is 0 Å². The van der Waals surface area contributed by atoms with Gasteiger partial charge in [0.25, 0.3) is 0 Å². The number of unbranched alkanes of at least 4 members (excludes halogenated alkanes) is 3. The Balaban J connectivity index is 4.93. The standard InChI is InChI=1S/C16H28Cl3NO4/c1-6-7-8-9-10-12(2)20(14(22)24-15(3,4)5)13(21)23-11-16(17,18)19/h12H,6-11H2,1-5H3. The topological polar surface area (TPSA) is 55.8 Å². The summed E-state index contributed by atoms with van der Waals surface area (Å²) in [6.07, 6.45) is 3.16. The molecular formula is C16H28Cl3NO4. The summed E-state index contributed by atoms with van der Waals surface area (Å²) in [6.45, 7) is 8.61. The van der Waals surface area contributed by atoms with E-state index in [2.05, 4.69) is 6.92 Å². The van der Waals surface area contributed by atoms with Gasteiger partial charge in [-0.3, -0.25) is 0 Å². The monoisotopic (exact) mass is 403 g/mol. The van der Waals surface area contributed by atoms with E-state index in [-0.39, 0.29) is 6.04 Å². The summed E-state index contributed by atoms with van der Waals surface area (Å²) in [6, 6.07) is -0.375. The minimum atomic E-state index is -1.74. The van der Waals surface area contributed by atoms with Crippen LogP contribution in [0.15, 0.2) is 0 Å². The van der Waals surface area contributed by atoms with Gasteiger partial charge in [-0.2, -0.15) is 0 Å². The van der Waals surface area contributed by atoms with Crippen LogP contribution in [0.5, 0.6) is 0 Å². The van der Waals surface area contributed by atoms with Crippen LogP contribution in [-0.4, -0.2) is 39.1 Å². The number of nitrogens with zero attached hydrogens (tertiary/aromatic N) is 1. The van der Waals surface area contributed by atoms with Crippen LogP contribution in [0, 0.1) is 0 Å². The minimum Gasteiger partial charge on any atom is -0.444 e. The fourth-order valence-electron chi connectivity index (χ4n) is 1.95. The molecule has 24 heavy (non-hydrogen) atoms. The van der Waals surface area contributed by atoms with Gasteiger partial charge >= 0.3 is 12.2 Å². The van der Waals surface area contributed by atoms with Crippen LogP contribution in [0.4, 0.5) is 9.59 Å². The second kappa shape index (κ2) is 10.6. The zero-order chi connectivity index (χ0) is 19.0. The Labute approximate surface area is 159 Å². The van der Waals surface area contributed by atoms with Crippen molar-refractivity contribution in [1.82, 2.24) is 4.90 Å². The number of halogens is 3. The number of carbonyl (C=O) groups excluding carboxylic acids is 2. The van der Waals surface area contributed by atoms with E-state index < -0.39 is 28.2 Å². The van der Waals surface area contributed by atoms with Gasteiger partial charge in [0.05, 0.1) is 0 Å². The van der Waals surface area contributed by atoms with Crippen molar-refractivity contribution in [3.8, 4) is 0 Å². The summed E-state index contributed by atoms with van der Waals surface area (Å²) in [5.74, 6) is 0. The van der Waals surface area contributed by atoms with E-state index in [0.717, 1.165) is 30.6 Å². The number of alkyl halides is 3. The molecule has 0 aromatic carbocycles. The Morgan fingerprint density at radius 1 is 1.04 bits per heavy atom. The highest BCUT2D eigenvalue weighted by molar-refractivity contribution is 6.67. The maximum atomic E-state index is 12.4. The van der Waals surface area contributed by atoms with Crippen LogP contribution >= 0.6 is 34.8 Å². The van der Waals surface area contributed by atoms with E-state index >= 15 is 0 Å². The Morgan fingerprint density at radius 2 is 1.62 bits per heavy atom.